The topological polar surface area (TPSA) is 0 Å². The Hall–Kier alpha value is 1.13. The van der Waals surface area contributed by atoms with Gasteiger partial charge in [-0.1, -0.05) is 27.7 Å². The summed E-state index contributed by atoms with van der Waals surface area (Å²) >= 11 is 4.08. The largest absolute Gasteiger partial charge is 0.403 e. The van der Waals surface area contributed by atoms with Crippen molar-refractivity contribution in [2.24, 2.45) is 11.8 Å². The molecule has 3 heteroatoms. The Morgan fingerprint density at radius 3 is 1.55 bits per heavy atom. The summed E-state index contributed by atoms with van der Waals surface area (Å²) in [4.78, 5) is 0. The number of hydrogen-bond donors (Lipinski definition) is 0. The fourth-order valence-electron chi connectivity index (χ4n) is 0.396. The standard InChI is InChI=1S/C8H18PS2/c1-7(2)5-10-9-11-6-8(3)4/h7-8H,5-6H2,1-4H3/q-1. The first kappa shape index (κ1) is 12.1. The third-order valence-corrected chi connectivity index (χ3v) is 6.19. The van der Waals surface area contributed by atoms with E-state index >= 15 is 0 Å². The lowest BCUT2D eigenvalue weighted by atomic mass is 10.3. The van der Waals surface area contributed by atoms with Gasteiger partial charge in [-0.15, -0.1) is 0 Å². The van der Waals surface area contributed by atoms with Crippen LogP contribution in [-0.4, -0.2) is 11.5 Å². The normalized spacial score (nSPS) is 11.5. The molecule has 0 N–H and O–H groups in total. The first-order chi connectivity index (χ1) is 5.13. The summed E-state index contributed by atoms with van der Waals surface area (Å²) in [5.41, 5.74) is 0. The van der Waals surface area contributed by atoms with Crippen molar-refractivity contribution in [3.63, 3.8) is 0 Å². The zero-order valence-electron chi connectivity index (χ0n) is 7.83. The molecule has 0 saturated carbocycles. The van der Waals surface area contributed by atoms with Crippen molar-refractivity contribution in [3.05, 3.63) is 0 Å². The molecule has 0 bridgehead atoms. The van der Waals surface area contributed by atoms with E-state index in [4.69, 9.17) is 0 Å². The van der Waals surface area contributed by atoms with Gasteiger partial charge in [-0.25, -0.2) is 0 Å². The van der Waals surface area contributed by atoms with Crippen molar-refractivity contribution in [3.8, 4) is 0 Å². The average Bonchev–Trinajstić information content (AvgIpc) is 1.85. The second-order valence-corrected chi connectivity index (χ2v) is 8.12. The summed E-state index contributed by atoms with van der Waals surface area (Å²) in [6.45, 7) is 10.6. The van der Waals surface area contributed by atoms with E-state index in [0.717, 1.165) is 11.8 Å². The maximum atomic E-state index is 2.27. The van der Waals surface area contributed by atoms with E-state index in [1.165, 1.54) is 18.5 Å². The van der Waals surface area contributed by atoms with Crippen molar-refractivity contribution in [1.29, 1.82) is 0 Å². The Bertz CT molecular complexity index is 74.2. The highest BCUT2D eigenvalue weighted by Crippen LogP contribution is 2.43. The minimum atomic E-state index is 0.840. The highest BCUT2D eigenvalue weighted by atomic mass is 33.1. The number of hydrogen-bond acceptors (Lipinski definition) is 2. The fourth-order valence-corrected chi connectivity index (χ4v) is 5.33. The van der Waals surface area contributed by atoms with Gasteiger partial charge in [0.25, 0.3) is 0 Å². The van der Waals surface area contributed by atoms with Gasteiger partial charge >= 0.3 is 0 Å². The van der Waals surface area contributed by atoms with Crippen LogP contribution in [0.25, 0.3) is 0 Å². The molecule has 0 saturated heterocycles. The number of rotatable bonds is 6. The molecule has 0 nitrogen and oxygen atoms in total. The summed E-state index contributed by atoms with van der Waals surface area (Å²) < 4.78 is 0. The Morgan fingerprint density at radius 1 is 0.909 bits per heavy atom. The average molecular weight is 209 g/mol. The molecule has 11 heavy (non-hydrogen) atoms. The SMILES string of the molecule is CC(C)CS[P-]SCC(C)C. The Labute approximate surface area is 81.0 Å². The molecular formula is C8H18PS2-. The molecular weight excluding hydrogens is 191 g/mol. The molecule has 0 amide bonds. The molecule has 0 aromatic heterocycles. The van der Waals surface area contributed by atoms with Gasteiger partial charge in [-0.2, -0.15) is 0 Å². The second-order valence-electron chi connectivity index (χ2n) is 3.45. The first-order valence-electron chi connectivity index (χ1n) is 4.07. The highest BCUT2D eigenvalue weighted by molar-refractivity contribution is 8.82. The summed E-state index contributed by atoms with van der Waals surface area (Å²) in [5, 5.41) is 0. The fraction of sp³-hybridized carbons (Fsp3) is 1.00. The third-order valence-electron chi connectivity index (χ3n) is 0.921. The minimum absolute atomic E-state index is 0.840. The van der Waals surface area contributed by atoms with Crippen molar-refractivity contribution >= 4 is 29.7 Å². The molecule has 0 spiro atoms. The van der Waals surface area contributed by atoms with Crippen LogP contribution in [0.4, 0.5) is 0 Å². The van der Waals surface area contributed by atoms with Crippen LogP contribution in [0, 0.1) is 11.8 Å². The van der Waals surface area contributed by atoms with Crippen LogP contribution in [0.3, 0.4) is 0 Å². The van der Waals surface area contributed by atoms with Crippen molar-refractivity contribution < 1.29 is 0 Å². The van der Waals surface area contributed by atoms with E-state index in [-0.39, 0.29) is 0 Å². The summed E-state index contributed by atoms with van der Waals surface area (Å²) in [5.74, 6) is 4.28. The van der Waals surface area contributed by atoms with E-state index in [9.17, 15) is 0 Å². The van der Waals surface area contributed by atoms with Crippen LogP contribution in [0.5, 0.6) is 0 Å². The van der Waals surface area contributed by atoms with Gasteiger partial charge in [0.05, 0.1) is 0 Å². The smallest absolute Gasteiger partial charge is 0.0333 e. The molecule has 0 aliphatic rings. The minimum Gasteiger partial charge on any atom is -0.403 e. The molecule has 0 fully saturated rings. The highest BCUT2D eigenvalue weighted by Gasteiger charge is 1.87. The lowest BCUT2D eigenvalue weighted by molar-refractivity contribution is 0.752. The van der Waals surface area contributed by atoms with Crippen molar-refractivity contribution in [2.75, 3.05) is 11.5 Å². The summed E-state index contributed by atoms with van der Waals surface area (Å²) in [6, 6.07) is 0. The zero-order chi connectivity index (χ0) is 8.69. The van der Waals surface area contributed by atoms with Gasteiger partial charge in [-0.05, 0) is 23.3 Å². The zero-order valence-corrected chi connectivity index (χ0v) is 10.4. The van der Waals surface area contributed by atoms with Crippen LogP contribution < -0.4 is 0 Å². The van der Waals surface area contributed by atoms with Gasteiger partial charge in [0.15, 0.2) is 0 Å². The van der Waals surface area contributed by atoms with Crippen molar-refractivity contribution in [2.45, 2.75) is 27.7 Å². The van der Waals surface area contributed by atoms with Gasteiger partial charge < -0.3 is 29.7 Å². The molecule has 68 valence electrons. The van der Waals surface area contributed by atoms with E-state index in [1.54, 1.807) is 0 Å². The molecule has 0 aromatic carbocycles. The van der Waals surface area contributed by atoms with Crippen LogP contribution in [0.2, 0.25) is 0 Å². The molecule has 0 atom stereocenters. The maximum Gasteiger partial charge on any atom is -0.0333 e. The molecule has 0 radical (unpaired) electrons. The third kappa shape index (κ3) is 11.1. The molecule has 0 unspecified atom stereocenters. The van der Waals surface area contributed by atoms with Crippen LogP contribution in [-0.2, 0) is 0 Å². The quantitative estimate of drug-likeness (QED) is 0.465. The van der Waals surface area contributed by atoms with Gasteiger partial charge in [0, 0.05) is 0 Å². The monoisotopic (exact) mass is 209 g/mol. The lowest BCUT2D eigenvalue weighted by Crippen LogP contribution is -1.88. The molecule has 0 rings (SSSR count). The Kier molecular flexibility index (Phi) is 8.56. The molecule has 0 aliphatic heterocycles. The summed E-state index contributed by atoms with van der Waals surface area (Å²) in [7, 11) is 0. The Balaban J connectivity index is 2.91. The lowest BCUT2D eigenvalue weighted by Gasteiger charge is -2.20. The second kappa shape index (κ2) is 7.76. The van der Waals surface area contributed by atoms with E-state index in [2.05, 4.69) is 27.7 Å². The van der Waals surface area contributed by atoms with Crippen LogP contribution >= 0.6 is 29.7 Å². The van der Waals surface area contributed by atoms with Gasteiger partial charge in [-0.3, -0.25) is 0 Å². The Morgan fingerprint density at radius 2 is 1.27 bits per heavy atom. The van der Waals surface area contributed by atoms with Crippen LogP contribution in [0.1, 0.15) is 27.7 Å². The first-order valence-corrected chi connectivity index (χ1v) is 8.14. The van der Waals surface area contributed by atoms with Gasteiger partial charge in [0.2, 0.25) is 0 Å². The van der Waals surface area contributed by atoms with E-state index < -0.39 is 0 Å². The predicted molar refractivity (Wildman–Crippen MR) is 61.5 cm³/mol. The van der Waals surface area contributed by atoms with Gasteiger partial charge in [0.1, 0.15) is 0 Å². The predicted octanol–water partition coefficient (Wildman–Crippen LogP) is 4.54. The van der Waals surface area contributed by atoms with Crippen LogP contribution in [0.15, 0.2) is 0 Å². The maximum absolute atomic E-state index is 2.27. The molecule has 0 aliphatic carbocycles. The molecule has 0 heterocycles. The van der Waals surface area contributed by atoms with E-state index in [1.807, 2.05) is 22.8 Å². The van der Waals surface area contributed by atoms with Crippen molar-refractivity contribution in [1.82, 2.24) is 0 Å². The molecule has 0 aromatic rings. The van der Waals surface area contributed by atoms with E-state index in [0.29, 0.717) is 0 Å². The summed E-state index contributed by atoms with van der Waals surface area (Å²) in [6.07, 6.45) is 0.